The van der Waals surface area contributed by atoms with Crippen molar-refractivity contribution < 1.29 is 4.79 Å². The Bertz CT molecular complexity index is 360. The lowest BCUT2D eigenvalue weighted by molar-refractivity contribution is -0.132. The molecule has 0 aliphatic carbocycles. The molecule has 1 amide bonds. The number of benzene rings is 1. The molecule has 0 aliphatic heterocycles. The zero-order valence-corrected chi connectivity index (χ0v) is 12.4. The zero-order chi connectivity index (χ0) is 14.1. The van der Waals surface area contributed by atoms with Crippen molar-refractivity contribution >= 4 is 5.91 Å². The molecule has 1 aromatic rings. The Morgan fingerprint density at radius 3 is 2.21 bits per heavy atom. The fourth-order valence-corrected chi connectivity index (χ4v) is 2.24. The van der Waals surface area contributed by atoms with Gasteiger partial charge in [-0.15, -0.1) is 0 Å². The fourth-order valence-electron chi connectivity index (χ4n) is 2.24. The Morgan fingerprint density at radius 2 is 1.68 bits per heavy atom. The normalized spacial score (nSPS) is 10.7. The van der Waals surface area contributed by atoms with E-state index in [1.165, 1.54) is 5.56 Å². The van der Waals surface area contributed by atoms with Crippen LogP contribution < -0.4 is 0 Å². The molecule has 0 fully saturated rings. The van der Waals surface area contributed by atoms with Crippen molar-refractivity contribution in [2.75, 3.05) is 26.2 Å². The maximum absolute atomic E-state index is 12.2. The number of carbonyl (C=O) groups is 1. The summed E-state index contributed by atoms with van der Waals surface area (Å²) in [6.45, 7) is 10.1. The van der Waals surface area contributed by atoms with Crippen molar-refractivity contribution in [3.63, 3.8) is 0 Å². The van der Waals surface area contributed by atoms with Gasteiger partial charge in [0.2, 0.25) is 5.91 Å². The molecule has 0 bridgehead atoms. The van der Waals surface area contributed by atoms with E-state index in [2.05, 4.69) is 24.0 Å². The minimum atomic E-state index is 0.231. The van der Waals surface area contributed by atoms with Crippen molar-refractivity contribution in [3.8, 4) is 0 Å². The fraction of sp³-hybridized carbons (Fsp3) is 0.562. The smallest absolute Gasteiger partial charge is 0.236 e. The van der Waals surface area contributed by atoms with Crippen LogP contribution in [-0.4, -0.2) is 41.9 Å². The van der Waals surface area contributed by atoms with Gasteiger partial charge in [-0.1, -0.05) is 37.3 Å². The average Bonchev–Trinajstić information content (AvgIpc) is 2.41. The Kier molecular flexibility index (Phi) is 7.19. The third-order valence-corrected chi connectivity index (χ3v) is 3.26. The molecule has 3 nitrogen and oxygen atoms in total. The molecule has 0 spiro atoms. The predicted molar refractivity (Wildman–Crippen MR) is 79.9 cm³/mol. The van der Waals surface area contributed by atoms with E-state index in [0.717, 1.165) is 32.6 Å². The second-order valence-electron chi connectivity index (χ2n) is 4.76. The Balaban J connectivity index is 2.60. The highest BCUT2D eigenvalue weighted by Crippen LogP contribution is 2.06. The maximum atomic E-state index is 12.2. The van der Waals surface area contributed by atoms with Gasteiger partial charge in [0.05, 0.1) is 6.54 Å². The second-order valence-corrected chi connectivity index (χ2v) is 4.76. The molecule has 1 aromatic carbocycles. The monoisotopic (exact) mass is 262 g/mol. The van der Waals surface area contributed by atoms with Crippen LogP contribution in [0.1, 0.15) is 32.8 Å². The molecule has 106 valence electrons. The molecule has 0 aromatic heterocycles. The summed E-state index contributed by atoms with van der Waals surface area (Å²) in [5.41, 5.74) is 1.27. The second kappa shape index (κ2) is 8.70. The van der Waals surface area contributed by atoms with E-state index in [9.17, 15) is 4.79 Å². The van der Waals surface area contributed by atoms with Gasteiger partial charge in [-0.3, -0.25) is 9.69 Å². The van der Waals surface area contributed by atoms with Crippen molar-refractivity contribution in [2.45, 2.75) is 33.7 Å². The molecule has 0 atom stereocenters. The minimum absolute atomic E-state index is 0.231. The van der Waals surface area contributed by atoms with E-state index in [1.807, 2.05) is 36.9 Å². The first-order chi connectivity index (χ1) is 9.21. The van der Waals surface area contributed by atoms with E-state index < -0.39 is 0 Å². The van der Waals surface area contributed by atoms with Crippen LogP contribution in [0.15, 0.2) is 30.3 Å². The van der Waals surface area contributed by atoms with Crippen LogP contribution in [0.3, 0.4) is 0 Å². The standard InChI is InChI=1S/C16H26N2O/c1-4-12-17(13-15-10-8-7-9-11-15)14-16(19)18(5-2)6-3/h7-11H,4-6,12-14H2,1-3H3. The molecule has 0 aliphatic rings. The number of hydrogen-bond acceptors (Lipinski definition) is 2. The Hall–Kier alpha value is -1.35. The van der Waals surface area contributed by atoms with Crippen molar-refractivity contribution in [1.82, 2.24) is 9.80 Å². The Labute approximate surface area is 117 Å². The predicted octanol–water partition coefficient (Wildman–Crippen LogP) is 2.77. The van der Waals surface area contributed by atoms with Crippen LogP contribution in [0.2, 0.25) is 0 Å². The Morgan fingerprint density at radius 1 is 1.05 bits per heavy atom. The van der Waals surface area contributed by atoms with Gasteiger partial charge >= 0.3 is 0 Å². The van der Waals surface area contributed by atoms with Gasteiger partial charge in [0.25, 0.3) is 0 Å². The first-order valence-electron chi connectivity index (χ1n) is 7.25. The first-order valence-corrected chi connectivity index (χ1v) is 7.25. The summed E-state index contributed by atoms with van der Waals surface area (Å²) in [4.78, 5) is 16.3. The average molecular weight is 262 g/mol. The largest absolute Gasteiger partial charge is 0.342 e. The van der Waals surface area contributed by atoms with Gasteiger partial charge in [0.1, 0.15) is 0 Å². The third-order valence-electron chi connectivity index (χ3n) is 3.26. The molecule has 0 saturated carbocycles. The molecule has 0 heterocycles. The lowest BCUT2D eigenvalue weighted by Gasteiger charge is -2.25. The van der Waals surface area contributed by atoms with Crippen LogP contribution in [0.5, 0.6) is 0 Å². The molecular weight excluding hydrogens is 236 g/mol. The molecule has 0 saturated heterocycles. The van der Waals surface area contributed by atoms with Gasteiger partial charge in [-0.05, 0) is 32.4 Å². The highest BCUT2D eigenvalue weighted by Gasteiger charge is 2.14. The van der Waals surface area contributed by atoms with Crippen LogP contribution in [-0.2, 0) is 11.3 Å². The van der Waals surface area contributed by atoms with E-state index in [-0.39, 0.29) is 5.91 Å². The summed E-state index contributed by atoms with van der Waals surface area (Å²) in [7, 11) is 0. The lowest BCUT2D eigenvalue weighted by Crippen LogP contribution is -2.40. The molecular formula is C16H26N2O. The zero-order valence-electron chi connectivity index (χ0n) is 12.4. The lowest BCUT2D eigenvalue weighted by atomic mass is 10.2. The molecule has 0 N–H and O–H groups in total. The first kappa shape index (κ1) is 15.7. The van der Waals surface area contributed by atoms with Crippen LogP contribution in [0, 0.1) is 0 Å². The van der Waals surface area contributed by atoms with E-state index in [4.69, 9.17) is 0 Å². The van der Waals surface area contributed by atoms with Crippen molar-refractivity contribution in [2.24, 2.45) is 0 Å². The number of carbonyl (C=O) groups excluding carboxylic acids is 1. The number of amides is 1. The van der Waals surface area contributed by atoms with Crippen molar-refractivity contribution in [3.05, 3.63) is 35.9 Å². The van der Waals surface area contributed by atoms with E-state index in [0.29, 0.717) is 6.54 Å². The van der Waals surface area contributed by atoms with Gasteiger partial charge in [-0.25, -0.2) is 0 Å². The molecule has 3 heteroatoms. The molecule has 0 unspecified atom stereocenters. The highest BCUT2D eigenvalue weighted by atomic mass is 16.2. The van der Waals surface area contributed by atoms with E-state index >= 15 is 0 Å². The summed E-state index contributed by atoms with van der Waals surface area (Å²) in [6, 6.07) is 10.3. The topological polar surface area (TPSA) is 23.6 Å². The highest BCUT2D eigenvalue weighted by molar-refractivity contribution is 5.78. The number of nitrogens with zero attached hydrogens (tertiary/aromatic N) is 2. The van der Waals surface area contributed by atoms with E-state index in [1.54, 1.807) is 0 Å². The van der Waals surface area contributed by atoms with Gasteiger partial charge in [0.15, 0.2) is 0 Å². The molecule has 0 radical (unpaired) electrons. The molecule has 19 heavy (non-hydrogen) atoms. The molecule has 1 rings (SSSR count). The SMILES string of the molecule is CCCN(CC(=O)N(CC)CC)Cc1ccccc1. The summed E-state index contributed by atoms with van der Waals surface area (Å²) < 4.78 is 0. The summed E-state index contributed by atoms with van der Waals surface area (Å²) in [6.07, 6.45) is 1.07. The van der Waals surface area contributed by atoms with Gasteiger partial charge in [-0.2, -0.15) is 0 Å². The minimum Gasteiger partial charge on any atom is -0.342 e. The van der Waals surface area contributed by atoms with Crippen LogP contribution in [0.4, 0.5) is 0 Å². The summed E-state index contributed by atoms with van der Waals surface area (Å²) in [5, 5.41) is 0. The third kappa shape index (κ3) is 5.43. The van der Waals surface area contributed by atoms with Gasteiger partial charge < -0.3 is 4.90 Å². The van der Waals surface area contributed by atoms with Crippen LogP contribution >= 0.6 is 0 Å². The quantitative estimate of drug-likeness (QED) is 0.719. The van der Waals surface area contributed by atoms with Crippen LogP contribution in [0.25, 0.3) is 0 Å². The summed E-state index contributed by atoms with van der Waals surface area (Å²) >= 11 is 0. The van der Waals surface area contributed by atoms with Gasteiger partial charge in [0, 0.05) is 19.6 Å². The number of hydrogen-bond donors (Lipinski definition) is 0. The number of rotatable bonds is 8. The van der Waals surface area contributed by atoms with Crippen molar-refractivity contribution in [1.29, 1.82) is 0 Å². The summed E-state index contributed by atoms with van der Waals surface area (Å²) in [5.74, 6) is 0.231. The number of likely N-dealkylation sites (N-methyl/N-ethyl adjacent to an activating group) is 1. The maximum Gasteiger partial charge on any atom is 0.236 e.